The van der Waals surface area contributed by atoms with Gasteiger partial charge < -0.3 is 9.47 Å². The zero-order valence-corrected chi connectivity index (χ0v) is 11.4. The fraction of sp³-hybridized carbons (Fsp3) is 0.125. The number of thiocarbonyl (C=S) groups is 1. The van der Waals surface area contributed by atoms with E-state index in [1.807, 2.05) is 48.5 Å². The van der Waals surface area contributed by atoms with Crippen LogP contribution in [0.25, 0.3) is 0 Å². The van der Waals surface area contributed by atoms with Gasteiger partial charge >= 0.3 is 0 Å². The molecule has 0 N–H and O–H groups in total. The monoisotopic (exact) mass is 284 g/mol. The molecule has 0 spiro atoms. The smallest absolute Gasteiger partial charge is 0.199 e. The summed E-state index contributed by atoms with van der Waals surface area (Å²) in [6.07, 6.45) is -0.952. The largest absolute Gasteiger partial charge is 0.447 e. The number of para-hydroxylation sites is 1. The third-order valence-corrected chi connectivity index (χ3v) is 3.32. The molecular formula is C16H12O3S. The topological polar surface area (TPSA) is 38.8 Å². The van der Waals surface area contributed by atoms with E-state index in [9.17, 15) is 4.79 Å². The predicted molar refractivity (Wildman–Crippen MR) is 79.1 cm³/mol. The van der Waals surface area contributed by atoms with Gasteiger partial charge in [0.15, 0.2) is 23.0 Å². The second-order valence-corrected chi connectivity index (χ2v) is 4.84. The minimum Gasteiger partial charge on any atom is -0.447 e. The molecule has 0 unspecified atom stereocenters. The molecule has 2 aromatic rings. The number of Topliss-reactive ketones (excluding diaryl/α,β-unsaturated/α-hetero) is 1. The number of epoxide rings is 1. The van der Waals surface area contributed by atoms with Crippen molar-refractivity contribution in [2.24, 2.45) is 0 Å². The van der Waals surface area contributed by atoms with Crippen LogP contribution in [-0.4, -0.2) is 23.0 Å². The molecule has 3 rings (SSSR count). The van der Waals surface area contributed by atoms with E-state index in [-0.39, 0.29) is 5.78 Å². The van der Waals surface area contributed by atoms with Crippen LogP contribution in [-0.2, 0) is 4.74 Å². The van der Waals surface area contributed by atoms with Crippen LogP contribution < -0.4 is 4.74 Å². The minimum atomic E-state index is -0.520. The van der Waals surface area contributed by atoms with E-state index in [4.69, 9.17) is 21.7 Å². The third-order valence-electron chi connectivity index (χ3n) is 3.00. The van der Waals surface area contributed by atoms with Crippen LogP contribution in [0.15, 0.2) is 60.7 Å². The van der Waals surface area contributed by atoms with Crippen LogP contribution >= 0.6 is 12.2 Å². The Hall–Kier alpha value is -2.04. The summed E-state index contributed by atoms with van der Waals surface area (Å²) in [6, 6.07) is 18.3. The molecule has 0 radical (unpaired) electrons. The van der Waals surface area contributed by atoms with Crippen molar-refractivity contribution in [3.8, 4) is 5.75 Å². The Morgan fingerprint density at radius 1 is 0.950 bits per heavy atom. The van der Waals surface area contributed by atoms with Crippen molar-refractivity contribution >= 4 is 23.1 Å². The van der Waals surface area contributed by atoms with Crippen LogP contribution in [0.1, 0.15) is 10.4 Å². The number of ketones is 1. The number of rotatable bonds is 4. The third kappa shape index (κ3) is 2.76. The summed E-state index contributed by atoms with van der Waals surface area (Å²) in [5, 5.41) is 0.297. The summed E-state index contributed by atoms with van der Waals surface area (Å²) in [4.78, 5) is 12.1. The molecule has 1 aliphatic rings. The summed E-state index contributed by atoms with van der Waals surface area (Å²) in [6.45, 7) is 0. The molecule has 4 heteroatoms. The summed E-state index contributed by atoms with van der Waals surface area (Å²) in [7, 11) is 0. The van der Waals surface area contributed by atoms with E-state index in [1.165, 1.54) is 0 Å². The van der Waals surface area contributed by atoms with Gasteiger partial charge in [-0.3, -0.25) is 4.79 Å². The normalized spacial score (nSPS) is 20.2. The Morgan fingerprint density at radius 3 is 2.20 bits per heavy atom. The SMILES string of the molecule is O=C(c1ccccc1)[C@@H]1O[C@@H]1C(=S)Oc1ccccc1. The Balaban J connectivity index is 1.62. The van der Waals surface area contributed by atoms with Gasteiger partial charge in [0.2, 0.25) is 0 Å². The minimum absolute atomic E-state index is 0.0605. The first-order valence-electron chi connectivity index (χ1n) is 6.27. The van der Waals surface area contributed by atoms with Crippen molar-refractivity contribution in [2.45, 2.75) is 12.2 Å². The molecule has 0 aliphatic carbocycles. The Morgan fingerprint density at radius 2 is 1.55 bits per heavy atom. The maximum Gasteiger partial charge on any atom is 0.199 e. The van der Waals surface area contributed by atoms with E-state index >= 15 is 0 Å². The summed E-state index contributed by atoms with van der Waals surface area (Å²) < 4.78 is 10.9. The molecule has 2 aromatic carbocycles. The molecule has 100 valence electrons. The van der Waals surface area contributed by atoms with Gasteiger partial charge in [-0.1, -0.05) is 48.5 Å². The van der Waals surface area contributed by atoms with Gasteiger partial charge in [-0.25, -0.2) is 0 Å². The van der Waals surface area contributed by atoms with Gasteiger partial charge in [-0.15, -0.1) is 0 Å². The van der Waals surface area contributed by atoms with Crippen molar-refractivity contribution in [3.05, 3.63) is 66.2 Å². The molecule has 0 bridgehead atoms. The van der Waals surface area contributed by atoms with Gasteiger partial charge in [-0.2, -0.15) is 0 Å². The maximum absolute atomic E-state index is 12.1. The zero-order valence-electron chi connectivity index (χ0n) is 10.6. The van der Waals surface area contributed by atoms with Crippen molar-refractivity contribution in [1.29, 1.82) is 0 Å². The molecule has 1 aliphatic heterocycles. The summed E-state index contributed by atoms with van der Waals surface area (Å²) in [5.74, 6) is 0.591. The molecule has 3 nitrogen and oxygen atoms in total. The molecule has 0 saturated carbocycles. The quantitative estimate of drug-likeness (QED) is 0.491. The van der Waals surface area contributed by atoms with E-state index in [2.05, 4.69) is 0 Å². The first kappa shape index (κ1) is 13.0. The summed E-state index contributed by atoms with van der Waals surface area (Å²) in [5.41, 5.74) is 0.627. The average molecular weight is 284 g/mol. The molecule has 20 heavy (non-hydrogen) atoms. The van der Waals surface area contributed by atoms with E-state index in [1.54, 1.807) is 12.1 Å². The lowest BCUT2D eigenvalue weighted by Gasteiger charge is -2.03. The second kappa shape index (κ2) is 5.53. The van der Waals surface area contributed by atoms with Crippen molar-refractivity contribution in [2.75, 3.05) is 0 Å². The van der Waals surface area contributed by atoms with Crippen molar-refractivity contribution in [1.82, 2.24) is 0 Å². The van der Waals surface area contributed by atoms with Crippen LogP contribution in [0.3, 0.4) is 0 Å². The van der Waals surface area contributed by atoms with Crippen molar-refractivity contribution < 1.29 is 14.3 Å². The highest BCUT2D eigenvalue weighted by Crippen LogP contribution is 2.28. The van der Waals surface area contributed by atoms with E-state index in [0.29, 0.717) is 16.4 Å². The molecule has 0 amide bonds. The van der Waals surface area contributed by atoms with Gasteiger partial charge in [0.1, 0.15) is 5.75 Å². The fourth-order valence-corrected chi connectivity index (χ4v) is 2.20. The van der Waals surface area contributed by atoms with Crippen LogP contribution in [0.2, 0.25) is 0 Å². The fourth-order valence-electron chi connectivity index (χ4n) is 1.92. The highest BCUT2D eigenvalue weighted by Gasteiger charge is 2.49. The van der Waals surface area contributed by atoms with Crippen molar-refractivity contribution in [3.63, 3.8) is 0 Å². The van der Waals surface area contributed by atoms with Gasteiger partial charge in [0.05, 0.1) is 0 Å². The van der Waals surface area contributed by atoms with Crippen LogP contribution in [0.4, 0.5) is 0 Å². The first-order valence-corrected chi connectivity index (χ1v) is 6.68. The Bertz CT molecular complexity index is 625. The number of carbonyl (C=O) groups excluding carboxylic acids is 1. The van der Waals surface area contributed by atoms with Gasteiger partial charge in [0, 0.05) is 5.56 Å². The molecule has 1 saturated heterocycles. The van der Waals surface area contributed by atoms with Crippen LogP contribution in [0, 0.1) is 0 Å². The molecule has 2 atom stereocenters. The average Bonchev–Trinajstić information content (AvgIpc) is 3.29. The predicted octanol–water partition coefficient (Wildman–Crippen LogP) is 3.04. The highest BCUT2D eigenvalue weighted by atomic mass is 32.1. The van der Waals surface area contributed by atoms with E-state index < -0.39 is 12.2 Å². The number of carbonyl (C=O) groups is 1. The lowest BCUT2D eigenvalue weighted by atomic mass is 10.1. The lowest BCUT2D eigenvalue weighted by Crippen LogP contribution is -2.19. The Labute approximate surface area is 122 Å². The van der Waals surface area contributed by atoms with Gasteiger partial charge in [-0.05, 0) is 24.4 Å². The zero-order chi connectivity index (χ0) is 13.9. The number of hydrogen-bond donors (Lipinski definition) is 0. The molecule has 0 aromatic heterocycles. The summed E-state index contributed by atoms with van der Waals surface area (Å²) >= 11 is 5.17. The number of ether oxygens (including phenoxy) is 2. The maximum atomic E-state index is 12.1. The second-order valence-electron chi connectivity index (χ2n) is 4.44. The molecule has 1 fully saturated rings. The lowest BCUT2D eigenvalue weighted by molar-refractivity contribution is 0.0953. The molecular weight excluding hydrogens is 272 g/mol. The number of hydrogen-bond acceptors (Lipinski definition) is 4. The molecule has 1 heterocycles. The highest BCUT2D eigenvalue weighted by molar-refractivity contribution is 7.80. The standard InChI is InChI=1S/C16H12O3S/c17-13(11-7-3-1-4-8-11)14-15(19-14)16(20)18-12-9-5-2-6-10-12/h1-10,14-15H/t14-,15-/m0/s1. The number of benzene rings is 2. The van der Waals surface area contributed by atoms with Crippen LogP contribution in [0.5, 0.6) is 5.75 Å². The Kier molecular flexibility index (Phi) is 3.58. The van der Waals surface area contributed by atoms with Gasteiger partial charge in [0.25, 0.3) is 0 Å². The first-order chi connectivity index (χ1) is 9.75. The van der Waals surface area contributed by atoms with E-state index in [0.717, 1.165) is 0 Å².